The Morgan fingerprint density at radius 2 is 2.17 bits per heavy atom. The summed E-state index contributed by atoms with van der Waals surface area (Å²) in [6.07, 6.45) is 1.70. The van der Waals surface area contributed by atoms with Crippen molar-refractivity contribution in [1.82, 2.24) is 15.2 Å². The van der Waals surface area contributed by atoms with Crippen LogP contribution in [0, 0.1) is 0 Å². The van der Waals surface area contributed by atoms with Gasteiger partial charge in [-0.2, -0.15) is 0 Å². The van der Waals surface area contributed by atoms with Gasteiger partial charge in [0.25, 0.3) is 0 Å². The third kappa shape index (κ3) is 2.86. The lowest BCUT2D eigenvalue weighted by atomic mass is 10.2. The predicted octanol–water partition coefficient (Wildman–Crippen LogP) is 0.338. The second-order valence-electron chi connectivity index (χ2n) is 4.55. The first-order valence-corrected chi connectivity index (χ1v) is 6.33. The number of anilines is 1. The van der Waals surface area contributed by atoms with Gasteiger partial charge in [-0.25, -0.2) is 4.98 Å². The summed E-state index contributed by atoms with van der Waals surface area (Å²) in [6.45, 7) is 5.70. The molecule has 0 spiro atoms. The van der Waals surface area contributed by atoms with Crippen molar-refractivity contribution in [3.8, 4) is 0 Å². The van der Waals surface area contributed by atoms with Gasteiger partial charge in [0, 0.05) is 39.4 Å². The molecule has 5 heteroatoms. The Bertz CT molecular complexity index is 389. The molecule has 0 saturated carbocycles. The van der Waals surface area contributed by atoms with E-state index < -0.39 is 0 Å². The van der Waals surface area contributed by atoms with Crippen molar-refractivity contribution < 1.29 is 4.79 Å². The summed E-state index contributed by atoms with van der Waals surface area (Å²) in [7, 11) is 1.78. The van der Waals surface area contributed by atoms with Gasteiger partial charge in [-0.05, 0) is 19.1 Å². The van der Waals surface area contributed by atoms with Gasteiger partial charge in [-0.3, -0.25) is 14.6 Å². The minimum absolute atomic E-state index is 0.0931. The molecule has 0 radical (unpaired) electrons. The number of aromatic nitrogens is 1. The molecule has 98 valence electrons. The fraction of sp³-hybridized carbons (Fsp3) is 0.538. The van der Waals surface area contributed by atoms with E-state index in [0.29, 0.717) is 5.82 Å². The molecule has 1 N–H and O–H groups in total. The monoisotopic (exact) mass is 248 g/mol. The van der Waals surface area contributed by atoms with Crippen molar-refractivity contribution >= 4 is 11.7 Å². The van der Waals surface area contributed by atoms with E-state index >= 15 is 0 Å². The Morgan fingerprint density at radius 3 is 2.78 bits per heavy atom. The van der Waals surface area contributed by atoms with E-state index in [1.165, 1.54) is 0 Å². The highest BCUT2D eigenvalue weighted by Crippen LogP contribution is 2.11. The first-order chi connectivity index (χ1) is 8.70. The van der Waals surface area contributed by atoms with Crippen molar-refractivity contribution in [2.24, 2.45) is 0 Å². The van der Waals surface area contributed by atoms with Crippen LogP contribution < -0.4 is 10.2 Å². The summed E-state index contributed by atoms with van der Waals surface area (Å²) < 4.78 is 0. The molecule has 1 fully saturated rings. The third-order valence-corrected chi connectivity index (χ3v) is 3.38. The molecule has 1 aromatic heterocycles. The highest BCUT2D eigenvalue weighted by Gasteiger charge is 2.26. The molecular formula is C13H20N4O. The van der Waals surface area contributed by atoms with Gasteiger partial charge in [-0.1, -0.05) is 6.07 Å². The average molecular weight is 248 g/mol. The number of carbonyl (C=O) groups excluding carboxylic acids is 1. The van der Waals surface area contributed by atoms with Crippen molar-refractivity contribution in [1.29, 1.82) is 0 Å². The fourth-order valence-corrected chi connectivity index (χ4v) is 2.17. The molecule has 1 saturated heterocycles. The third-order valence-electron chi connectivity index (χ3n) is 3.38. The molecule has 1 aliphatic heterocycles. The Hall–Kier alpha value is -1.46. The SMILES string of the molecule is CC(C(=O)N(C)c1ccccn1)N1CCNCC1. The van der Waals surface area contributed by atoms with Gasteiger partial charge in [0.2, 0.25) is 5.91 Å². The molecular weight excluding hydrogens is 228 g/mol. The van der Waals surface area contributed by atoms with Gasteiger partial charge in [0.1, 0.15) is 5.82 Å². The van der Waals surface area contributed by atoms with Crippen molar-refractivity contribution in [2.75, 3.05) is 38.1 Å². The number of hydrogen-bond acceptors (Lipinski definition) is 4. The van der Waals surface area contributed by atoms with Crippen LogP contribution in [0.3, 0.4) is 0 Å². The zero-order chi connectivity index (χ0) is 13.0. The quantitative estimate of drug-likeness (QED) is 0.838. The van der Waals surface area contributed by atoms with Crippen molar-refractivity contribution in [3.05, 3.63) is 24.4 Å². The zero-order valence-electron chi connectivity index (χ0n) is 11.0. The largest absolute Gasteiger partial charge is 0.314 e. The minimum atomic E-state index is -0.0980. The summed E-state index contributed by atoms with van der Waals surface area (Å²) in [5.74, 6) is 0.792. The molecule has 0 bridgehead atoms. The molecule has 0 aliphatic carbocycles. The molecule has 5 nitrogen and oxygen atoms in total. The van der Waals surface area contributed by atoms with E-state index in [9.17, 15) is 4.79 Å². The number of amides is 1. The van der Waals surface area contributed by atoms with Crippen LogP contribution >= 0.6 is 0 Å². The number of hydrogen-bond donors (Lipinski definition) is 1. The summed E-state index contributed by atoms with van der Waals surface area (Å²) in [5, 5.41) is 3.29. The van der Waals surface area contributed by atoms with Crippen LogP contribution in [-0.2, 0) is 4.79 Å². The highest BCUT2D eigenvalue weighted by atomic mass is 16.2. The summed E-state index contributed by atoms with van der Waals surface area (Å²) in [6, 6.07) is 5.49. The summed E-state index contributed by atoms with van der Waals surface area (Å²) >= 11 is 0. The standard InChI is InChI=1S/C13H20N4O/c1-11(17-9-7-14-8-10-17)13(18)16(2)12-5-3-4-6-15-12/h3-6,11,14H,7-10H2,1-2H3. The lowest BCUT2D eigenvalue weighted by Crippen LogP contribution is -2.53. The maximum absolute atomic E-state index is 12.4. The second-order valence-corrected chi connectivity index (χ2v) is 4.55. The van der Waals surface area contributed by atoms with E-state index in [2.05, 4.69) is 15.2 Å². The molecule has 2 heterocycles. The van der Waals surface area contributed by atoms with Crippen molar-refractivity contribution in [3.63, 3.8) is 0 Å². The highest BCUT2D eigenvalue weighted by molar-refractivity contribution is 5.95. The Balaban J connectivity index is 2.01. The van der Waals surface area contributed by atoms with Gasteiger partial charge in [-0.15, -0.1) is 0 Å². The number of nitrogens with zero attached hydrogens (tertiary/aromatic N) is 3. The lowest BCUT2D eigenvalue weighted by molar-refractivity contribution is -0.123. The molecule has 1 aliphatic rings. The first-order valence-electron chi connectivity index (χ1n) is 6.33. The van der Waals surface area contributed by atoms with E-state index in [0.717, 1.165) is 26.2 Å². The number of likely N-dealkylation sites (N-methyl/N-ethyl adjacent to an activating group) is 1. The van der Waals surface area contributed by atoms with Crippen LogP contribution in [0.2, 0.25) is 0 Å². The maximum atomic E-state index is 12.4. The van der Waals surface area contributed by atoms with Crippen LogP contribution in [0.4, 0.5) is 5.82 Å². The summed E-state index contributed by atoms with van der Waals surface area (Å²) in [4.78, 5) is 20.4. The topological polar surface area (TPSA) is 48.5 Å². The molecule has 1 atom stereocenters. The van der Waals surface area contributed by atoms with Crippen LogP contribution in [-0.4, -0.2) is 55.1 Å². The van der Waals surface area contributed by atoms with Gasteiger partial charge >= 0.3 is 0 Å². The first kappa shape index (κ1) is 13.0. The molecule has 0 aromatic carbocycles. The smallest absolute Gasteiger partial charge is 0.244 e. The molecule has 1 unspecified atom stereocenters. The predicted molar refractivity (Wildman–Crippen MR) is 71.6 cm³/mol. The molecule has 1 aromatic rings. The van der Waals surface area contributed by atoms with Gasteiger partial charge in [0.15, 0.2) is 0 Å². The number of piperazine rings is 1. The van der Waals surface area contributed by atoms with Crippen LogP contribution in [0.1, 0.15) is 6.92 Å². The number of nitrogens with one attached hydrogen (secondary N) is 1. The number of pyridine rings is 1. The molecule has 18 heavy (non-hydrogen) atoms. The van der Waals surface area contributed by atoms with E-state index in [4.69, 9.17) is 0 Å². The average Bonchev–Trinajstić information content (AvgIpc) is 2.47. The van der Waals surface area contributed by atoms with E-state index in [1.54, 1.807) is 18.1 Å². The Kier molecular flexibility index (Phi) is 4.28. The maximum Gasteiger partial charge on any atom is 0.244 e. The van der Waals surface area contributed by atoms with Crippen LogP contribution in [0.15, 0.2) is 24.4 Å². The number of carbonyl (C=O) groups is 1. The molecule has 1 amide bonds. The summed E-state index contributed by atoms with van der Waals surface area (Å²) in [5.41, 5.74) is 0. The van der Waals surface area contributed by atoms with Gasteiger partial charge < -0.3 is 5.32 Å². The normalized spacial score (nSPS) is 18.3. The zero-order valence-corrected chi connectivity index (χ0v) is 11.0. The number of rotatable bonds is 3. The Morgan fingerprint density at radius 1 is 1.44 bits per heavy atom. The Labute approximate surface area is 108 Å². The molecule has 2 rings (SSSR count). The van der Waals surface area contributed by atoms with Crippen LogP contribution in [0.5, 0.6) is 0 Å². The minimum Gasteiger partial charge on any atom is -0.314 e. The van der Waals surface area contributed by atoms with E-state index in [1.807, 2.05) is 25.1 Å². The van der Waals surface area contributed by atoms with Gasteiger partial charge in [0.05, 0.1) is 6.04 Å². The fourth-order valence-electron chi connectivity index (χ4n) is 2.17. The van der Waals surface area contributed by atoms with Crippen molar-refractivity contribution in [2.45, 2.75) is 13.0 Å². The van der Waals surface area contributed by atoms with Crippen LogP contribution in [0.25, 0.3) is 0 Å². The lowest BCUT2D eigenvalue weighted by Gasteiger charge is -2.33. The van der Waals surface area contributed by atoms with E-state index in [-0.39, 0.29) is 11.9 Å². The second kappa shape index (κ2) is 5.93.